The van der Waals surface area contributed by atoms with E-state index in [0.717, 1.165) is 5.39 Å². The molecule has 1 fully saturated rings. The highest BCUT2D eigenvalue weighted by molar-refractivity contribution is 6.04. The number of benzene rings is 3. The van der Waals surface area contributed by atoms with Crippen LogP contribution in [0.15, 0.2) is 79.0 Å². The molecule has 3 aromatic carbocycles. The Morgan fingerprint density at radius 2 is 1.73 bits per heavy atom. The maximum absolute atomic E-state index is 13.5. The van der Waals surface area contributed by atoms with Crippen LogP contribution in [-0.4, -0.2) is 51.0 Å². The van der Waals surface area contributed by atoms with Gasteiger partial charge in [0.2, 0.25) is 6.04 Å². The third kappa shape index (κ3) is 5.92. The number of anilines is 1. The van der Waals surface area contributed by atoms with Gasteiger partial charge in [-0.1, -0.05) is 42.5 Å². The number of carbonyl (C=O) groups excluding carboxylic acids is 3. The highest BCUT2D eigenvalue weighted by atomic mass is 19.4. The largest absolute Gasteiger partial charge is 0.497 e. The molecule has 0 bridgehead atoms. The highest BCUT2D eigenvalue weighted by Gasteiger charge is 2.54. The van der Waals surface area contributed by atoms with E-state index >= 15 is 0 Å². The first-order valence-corrected chi connectivity index (χ1v) is 13.0. The number of likely N-dealkylation sites (tertiary alicyclic amines) is 1. The maximum Gasteiger partial charge on any atom is 0.497 e. The summed E-state index contributed by atoms with van der Waals surface area (Å²) in [5.74, 6) is -3.48. The molecule has 4 aromatic rings. The normalized spacial score (nSPS) is 19.0. The Labute approximate surface area is 232 Å². The summed E-state index contributed by atoms with van der Waals surface area (Å²) in [4.78, 5) is 42.4. The first-order valence-electron chi connectivity index (χ1n) is 13.0. The predicted octanol–water partition coefficient (Wildman–Crippen LogP) is 4.65. The number of nitrogens with zero attached hydrogens (tertiary/aromatic N) is 3. The van der Waals surface area contributed by atoms with E-state index in [0.29, 0.717) is 40.9 Å². The van der Waals surface area contributed by atoms with Crippen LogP contribution in [0.25, 0.3) is 16.6 Å². The number of halogens is 3. The Morgan fingerprint density at radius 1 is 1.00 bits per heavy atom. The summed E-state index contributed by atoms with van der Waals surface area (Å²) in [5, 5.41) is 7.95. The van der Waals surface area contributed by atoms with Gasteiger partial charge < -0.3 is 11.1 Å². The highest BCUT2D eigenvalue weighted by Crippen LogP contribution is 2.33. The molecular weight excluding hydrogens is 539 g/mol. The van der Waals surface area contributed by atoms with E-state index in [1.165, 1.54) is 0 Å². The van der Waals surface area contributed by atoms with Crippen LogP contribution >= 0.6 is 0 Å². The molecule has 5 rings (SSSR count). The van der Waals surface area contributed by atoms with Crippen molar-refractivity contribution < 1.29 is 37.0 Å². The maximum atomic E-state index is 13.5. The van der Waals surface area contributed by atoms with Crippen molar-refractivity contribution in [2.45, 2.75) is 38.0 Å². The van der Waals surface area contributed by atoms with Crippen LogP contribution in [0.5, 0.6) is 0 Å². The number of nitrogens with one attached hydrogen (secondary N) is 1. The Bertz CT molecular complexity index is 1590. The number of quaternary nitrogens is 1. The van der Waals surface area contributed by atoms with Crippen molar-refractivity contribution in [3.8, 4) is 5.69 Å². The molecule has 0 aliphatic carbocycles. The molecule has 0 spiro atoms. The number of primary amides is 1. The Balaban J connectivity index is 1.39. The van der Waals surface area contributed by atoms with Crippen LogP contribution in [0.1, 0.15) is 35.2 Å². The van der Waals surface area contributed by atoms with E-state index in [1.54, 1.807) is 83.7 Å². The fourth-order valence-electron chi connectivity index (χ4n) is 5.19. The van der Waals surface area contributed by atoms with E-state index < -0.39 is 34.6 Å². The molecule has 212 valence electrons. The van der Waals surface area contributed by atoms with Crippen LogP contribution in [0.2, 0.25) is 0 Å². The second kappa shape index (κ2) is 11.0. The van der Waals surface area contributed by atoms with Crippen LogP contribution in [0.3, 0.4) is 0 Å². The number of hydrogen-bond donors (Lipinski definition) is 2. The molecule has 1 aliphatic rings. The molecule has 2 heterocycles. The molecule has 9 nitrogen and oxygen atoms in total. The average molecular weight is 567 g/mol. The number of hydrogen-bond acceptors (Lipinski definition) is 5. The van der Waals surface area contributed by atoms with Crippen molar-refractivity contribution in [1.29, 1.82) is 0 Å². The third-order valence-corrected chi connectivity index (χ3v) is 7.13. The average Bonchev–Trinajstić information content (AvgIpc) is 3.38. The minimum Gasteiger partial charge on any atom is -0.366 e. The van der Waals surface area contributed by atoms with Crippen LogP contribution in [0.4, 0.5) is 18.9 Å². The number of hydroxylamine groups is 3. The number of rotatable bonds is 7. The molecule has 1 aliphatic heterocycles. The number of amides is 2. The lowest BCUT2D eigenvalue weighted by atomic mass is 9.99. The second-order valence-electron chi connectivity index (χ2n) is 9.93. The van der Waals surface area contributed by atoms with E-state index in [9.17, 15) is 27.6 Å². The number of aromatic nitrogens is 2. The minimum atomic E-state index is -5.20. The van der Waals surface area contributed by atoms with Crippen molar-refractivity contribution in [3.63, 3.8) is 0 Å². The van der Waals surface area contributed by atoms with E-state index in [2.05, 4.69) is 10.4 Å². The zero-order valence-corrected chi connectivity index (χ0v) is 21.8. The second-order valence-corrected chi connectivity index (χ2v) is 9.93. The van der Waals surface area contributed by atoms with Gasteiger partial charge in [0.1, 0.15) is 18.6 Å². The summed E-state index contributed by atoms with van der Waals surface area (Å²) < 4.78 is 40.6. The Morgan fingerprint density at radius 3 is 2.41 bits per heavy atom. The first-order chi connectivity index (χ1) is 19.6. The molecule has 41 heavy (non-hydrogen) atoms. The summed E-state index contributed by atoms with van der Waals surface area (Å²) in [6.07, 6.45) is -2.14. The van der Waals surface area contributed by atoms with Gasteiger partial charge in [0, 0.05) is 35.7 Å². The SMILES string of the molecule is NC(=O)c1cccc2cn(-c3ccc(NC(=O)C4CCCC[N+]4(Cc4ccccc4)OC(=O)C(F)(F)F)cc3)nc12. The summed E-state index contributed by atoms with van der Waals surface area (Å²) in [7, 11) is 0. The lowest BCUT2D eigenvalue weighted by Crippen LogP contribution is -2.63. The molecule has 3 N–H and O–H groups in total. The van der Waals surface area contributed by atoms with Gasteiger partial charge in [-0.05, 0) is 36.8 Å². The molecule has 0 radical (unpaired) electrons. The first kappa shape index (κ1) is 27.8. The summed E-state index contributed by atoms with van der Waals surface area (Å²) in [6.45, 7) is -0.0201. The van der Waals surface area contributed by atoms with E-state index in [-0.39, 0.29) is 19.5 Å². The van der Waals surface area contributed by atoms with Crippen LogP contribution in [-0.2, 0) is 21.0 Å². The molecule has 12 heteroatoms. The summed E-state index contributed by atoms with van der Waals surface area (Å²) in [5.41, 5.74) is 7.88. The number of alkyl halides is 3. The van der Waals surface area contributed by atoms with Gasteiger partial charge >= 0.3 is 12.1 Å². The molecule has 0 saturated carbocycles. The van der Waals surface area contributed by atoms with Crippen molar-refractivity contribution in [2.24, 2.45) is 5.73 Å². The predicted molar refractivity (Wildman–Crippen MR) is 143 cm³/mol. The van der Waals surface area contributed by atoms with Gasteiger partial charge in [-0.3, -0.25) is 14.4 Å². The topological polar surface area (TPSA) is 116 Å². The van der Waals surface area contributed by atoms with Gasteiger partial charge in [0.05, 0.1) is 11.3 Å². The molecule has 1 aromatic heterocycles. The number of fused-ring (bicyclic) bond motifs is 1. The number of nitrogens with two attached hydrogens (primary N) is 1. The Kier molecular flexibility index (Phi) is 7.50. The smallest absolute Gasteiger partial charge is 0.366 e. The van der Waals surface area contributed by atoms with Crippen LogP contribution < -0.4 is 11.1 Å². The Hall–Kier alpha value is -4.71. The van der Waals surface area contributed by atoms with Gasteiger partial charge in [-0.2, -0.15) is 18.3 Å². The molecule has 2 amide bonds. The minimum absolute atomic E-state index is 0.0634. The molecular formula is C29H27F3N5O4+. The number of carbonyl (C=O) groups is 3. The quantitative estimate of drug-likeness (QED) is 0.316. The lowest BCUT2D eigenvalue weighted by molar-refractivity contribution is -1.11. The fraction of sp³-hybridized carbons (Fsp3) is 0.241. The molecule has 1 saturated heterocycles. The van der Waals surface area contributed by atoms with Gasteiger partial charge in [-0.25, -0.2) is 9.48 Å². The monoisotopic (exact) mass is 566 g/mol. The summed E-state index contributed by atoms with van der Waals surface area (Å²) in [6, 6.07) is 19.4. The standard InChI is InChI=1S/C29H26F3N5O4/c30-29(31,32)28(40)41-37(18-19-7-2-1-3-8-19)16-5-4-11-24(37)27(39)34-21-12-14-22(15-13-21)36-17-20-9-6-10-23(26(33)38)25(20)35-36/h1-3,6-10,12-15,17,24H,4-5,11,16,18H2,(H2-,33,34,38,39)/p+1. The molecule has 2 unspecified atom stereocenters. The van der Waals surface area contributed by atoms with E-state index in [4.69, 9.17) is 10.6 Å². The van der Waals surface area contributed by atoms with Gasteiger partial charge in [0.25, 0.3) is 11.8 Å². The lowest BCUT2D eigenvalue weighted by Gasteiger charge is -2.42. The third-order valence-electron chi connectivity index (χ3n) is 7.13. The zero-order chi connectivity index (χ0) is 29.2. The van der Waals surface area contributed by atoms with Gasteiger partial charge in [0.15, 0.2) is 0 Å². The fourth-order valence-corrected chi connectivity index (χ4v) is 5.19. The van der Waals surface area contributed by atoms with Gasteiger partial charge in [-0.15, -0.1) is 4.65 Å². The zero-order valence-electron chi connectivity index (χ0n) is 21.8. The van der Waals surface area contributed by atoms with Crippen molar-refractivity contribution >= 4 is 34.4 Å². The number of piperidine rings is 1. The van der Waals surface area contributed by atoms with Crippen molar-refractivity contribution in [2.75, 3.05) is 11.9 Å². The van der Waals surface area contributed by atoms with Crippen LogP contribution in [0, 0.1) is 0 Å². The van der Waals surface area contributed by atoms with E-state index in [1.807, 2.05) is 0 Å². The molecule has 2 atom stereocenters. The van der Waals surface area contributed by atoms with Crippen molar-refractivity contribution in [1.82, 2.24) is 9.78 Å². The van der Waals surface area contributed by atoms with Crippen molar-refractivity contribution in [3.05, 3.63) is 90.1 Å². The summed E-state index contributed by atoms with van der Waals surface area (Å²) >= 11 is 0.